The number of imidazole rings is 1. The lowest BCUT2D eigenvalue weighted by Crippen LogP contribution is -2.00. The largest absolute Gasteiger partial charge is 0.289 e. The van der Waals surface area contributed by atoms with Gasteiger partial charge in [-0.15, -0.1) is 0 Å². The average molecular weight is 215 g/mol. The average Bonchev–Trinajstić information content (AvgIpc) is 2.81. The lowest BCUT2D eigenvalue weighted by molar-refractivity contribution is -0.385. The Labute approximate surface area is 89.8 Å². The molecule has 2 aromatic heterocycles. The van der Waals surface area contributed by atoms with Crippen LogP contribution in [0.5, 0.6) is 0 Å². The van der Waals surface area contributed by atoms with E-state index < -0.39 is 4.92 Å². The van der Waals surface area contributed by atoms with Gasteiger partial charge in [0.05, 0.1) is 4.92 Å². The summed E-state index contributed by atoms with van der Waals surface area (Å²) in [6.45, 7) is 0. The van der Waals surface area contributed by atoms with Gasteiger partial charge in [0.15, 0.2) is 5.82 Å². The molecule has 0 spiro atoms. The van der Waals surface area contributed by atoms with Gasteiger partial charge in [0.1, 0.15) is 24.2 Å². The Morgan fingerprint density at radius 1 is 1.56 bits per heavy atom. The summed E-state index contributed by atoms with van der Waals surface area (Å²) in [5, 5.41) is 19.4. The molecule has 0 unspecified atom stereocenters. The van der Waals surface area contributed by atoms with E-state index in [9.17, 15) is 10.1 Å². The molecule has 0 saturated carbocycles. The highest BCUT2D eigenvalue weighted by molar-refractivity contribution is 5.48. The Balaban J connectivity index is 2.57. The van der Waals surface area contributed by atoms with Crippen LogP contribution in [0.25, 0.3) is 5.82 Å². The zero-order valence-corrected chi connectivity index (χ0v) is 7.94. The molecule has 16 heavy (non-hydrogen) atoms. The number of pyridine rings is 1. The summed E-state index contributed by atoms with van der Waals surface area (Å²) in [6, 6.07) is 3.05. The van der Waals surface area contributed by atoms with Crippen LogP contribution >= 0.6 is 0 Å². The SMILES string of the molecule is N#Cc1cc([N+](=O)[O-])cnc1-n1ccnc1. The van der Waals surface area contributed by atoms with Crippen LogP contribution in [0.1, 0.15) is 5.56 Å². The molecule has 2 rings (SSSR count). The van der Waals surface area contributed by atoms with Crippen molar-refractivity contribution >= 4 is 5.69 Å². The number of hydrogen-bond donors (Lipinski definition) is 0. The van der Waals surface area contributed by atoms with Crippen LogP contribution < -0.4 is 0 Å². The molecule has 78 valence electrons. The van der Waals surface area contributed by atoms with Gasteiger partial charge < -0.3 is 0 Å². The van der Waals surface area contributed by atoms with Crippen molar-refractivity contribution in [2.75, 3.05) is 0 Å². The highest BCUT2D eigenvalue weighted by atomic mass is 16.6. The summed E-state index contributed by atoms with van der Waals surface area (Å²) in [5.41, 5.74) is -0.0763. The molecule has 7 nitrogen and oxygen atoms in total. The molecule has 2 aromatic rings. The second-order valence-corrected chi connectivity index (χ2v) is 2.90. The van der Waals surface area contributed by atoms with Crippen LogP contribution in [0.2, 0.25) is 0 Å². The van der Waals surface area contributed by atoms with Crippen molar-refractivity contribution in [3.8, 4) is 11.9 Å². The Kier molecular flexibility index (Phi) is 2.31. The molecule has 0 atom stereocenters. The molecule has 0 saturated heterocycles. The van der Waals surface area contributed by atoms with E-state index >= 15 is 0 Å². The Bertz CT molecular complexity index is 570. The van der Waals surface area contributed by atoms with Crippen LogP contribution in [0, 0.1) is 21.4 Å². The maximum Gasteiger partial charge on any atom is 0.289 e. The van der Waals surface area contributed by atoms with E-state index in [0.29, 0.717) is 5.82 Å². The van der Waals surface area contributed by atoms with E-state index in [-0.39, 0.29) is 11.3 Å². The van der Waals surface area contributed by atoms with Crippen LogP contribution in [0.15, 0.2) is 31.0 Å². The number of nitro groups is 1. The topological polar surface area (TPSA) is 97.6 Å². The quantitative estimate of drug-likeness (QED) is 0.550. The van der Waals surface area contributed by atoms with Crippen molar-refractivity contribution in [2.24, 2.45) is 0 Å². The zero-order chi connectivity index (χ0) is 11.5. The minimum Gasteiger partial charge on any atom is -0.289 e. The van der Waals surface area contributed by atoms with Crippen LogP contribution in [-0.4, -0.2) is 19.5 Å². The molecule has 7 heteroatoms. The van der Waals surface area contributed by atoms with Crippen molar-refractivity contribution < 1.29 is 4.92 Å². The summed E-state index contributed by atoms with van der Waals surface area (Å²) in [4.78, 5) is 17.6. The maximum atomic E-state index is 10.5. The lowest BCUT2D eigenvalue weighted by atomic mass is 10.2. The minimum atomic E-state index is -0.592. The van der Waals surface area contributed by atoms with Crippen LogP contribution in [-0.2, 0) is 0 Å². The number of aromatic nitrogens is 3. The predicted molar refractivity (Wildman–Crippen MR) is 52.7 cm³/mol. The molecule has 0 aliphatic heterocycles. The van der Waals surface area contributed by atoms with Crippen molar-refractivity contribution in [1.82, 2.24) is 14.5 Å². The van der Waals surface area contributed by atoms with E-state index in [2.05, 4.69) is 9.97 Å². The first-order valence-electron chi connectivity index (χ1n) is 4.25. The molecule has 0 aliphatic carbocycles. The van der Waals surface area contributed by atoms with E-state index in [4.69, 9.17) is 5.26 Å². The predicted octanol–water partition coefficient (Wildman–Crippen LogP) is 1.05. The second-order valence-electron chi connectivity index (χ2n) is 2.90. The molecule has 0 aromatic carbocycles. The number of nitriles is 1. The Hall–Kier alpha value is -2.75. The fourth-order valence-electron chi connectivity index (χ4n) is 1.22. The molecular formula is C9H5N5O2. The highest BCUT2D eigenvalue weighted by Gasteiger charge is 2.12. The molecule has 0 fully saturated rings. The van der Waals surface area contributed by atoms with Crippen molar-refractivity contribution in [1.29, 1.82) is 5.26 Å². The van der Waals surface area contributed by atoms with Gasteiger partial charge in [-0.2, -0.15) is 5.26 Å². The van der Waals surface area contributed by atoms with Gasteiger partial charge in [0.25, 0.3) is 5.69 Å². The smallest absolute Gasteiger partial charge is 0.289 e. The molecule has 0 amide bonds. The third-order valence-corrected chi connectivity index (χ3v) is 1.93. The first kappa shape index (κ1) is 9.79. The first-order valence-corrected chi connectivity index (χ1v) is 4.25. The van der Waals surface area contributed by atoms with E-state index in [0.717, 1.165) is 6.20 Å². The molecule has 2 heterocycles. The van der Waals surface area contributed by atoms with Gasteiger partial charge in [-0.1, -0.05) is 0 Å². The summed E-state index contributed by atoms with van der Waals surface area (Å²) in [7, 11) is 0. The van der Waals surface area contributed by atoms with Crippen molar-refractivity contribution in [3.63, 3.8) is 0 Å². The number of rotatable bonds is 2. The Morgan fingerprint density at radius 3 is 2.94 bits per heavy atom. The minimum absolute atomic E-state index is 0.132. The standard InChI is InChI=1S/C9H5N5O2/c10-4-7-3-8(14(15)16)5-12-9(7)13-2-1-11-6-13/h1-3,5-6H. The van der Waals surface area contributed by atoms with Crippen molar-refractivity contribution in [2.45, 2.75) is 0 Å². The Morgan fingerprint density at radius 2 is 2.38 bits per heavy atom. The number of hydrogen-bond acceptors (Lipinski definition) is 5. The fourth-order valence-corrected chi connectivity index (χ4v) is 1.22. The van der Waals surface area contributed by atoms with Crippen LogP contribution in [0.3, 0.4) is 0 Å². The van der Waals surface area contributed by atoms with Gasteiger partial charge in [-0.05, 0) is 0 Å². The number of nitrogens with zero attached hydrogens (tertiary/aromatic N) is 5. The van der Waals surface area contributed by atoms with Crippen molar-refractivity contribution in [3.05, 3.63) is 46.7 Å². The molecule has 0 aliphatic rings. The third kappa shape index (κ3) is 1.59. The van der Waals surface area contributed by atoms with E-state index in [1.807, 2.05) is 6.07 Å². The molecule has 0 bridgehead atoms. The summed E-state index contributed by atoms with van der Waals surface area (Å²) >= 11 is 0. The van der Waals surface area contributed by atoms with Gasteiger partial charge in [0.2, 0.25) is 0 Å². The molecule has 0 N–H and O–H groups in total. The van der Waals surface area contributed by atoms with Crippen LogP contribution in [0.4, 0.5) is 5.69 Å². The fraction of sp³-hybridized carbons (Fsp3) is 0. The van der Waals surface area contributed by atoms with Gasteiger partial charge >= 0.3 is 0 Å². The van der Waals surface area contributed by atoms with E-state index in [1.165, 1.54) is 23.2 Å². The first-order chi connectivity index (χ1) is 7.72. The van der Waals surface area contributed by atoms with E-state index in [1.54, 1.807) is 6.20 Å². The maximum absolute atomic E-state index is 10.5. The normalized spacial score (nSPS) is 9.69. The monoisotopic (exact) mass is 215 g/mol. The highest BCUT2D eigenvalue weighted by Crippen LogP contribution is 2.17. The summed E-state index contributed by atoms with van der Waals surface area (Å²) in [6.07, 6.45) is 5.71. The summed E-state index contributed by atoms with van der Waals surface area (Å²) in [5.74, 6) is 0.325. The van der Waals surface area contributed by atoms with Gasteiger partial charge in [0, 0.05) is 18.5 Å². The van der Waals surface area contributed by atoms with Gasteiger partial charge in [-0.25, -0.2) is 9.97 Å². The lowest BCUT2D eigenvalue weighted by Gasteiger charge is -2.02. The van der Waals surface area contributed by atoms with Gasteiger partial charge in [-0.3, -0.25) is 14.7 Å². The molecule has 0 radical (unpaired) electrons. The summed E-state index contributed by atoms with van der Waals surface area (Å²) < 4.78 is 1.52. The second kappa shape index (κ2) is 3.78. The molecular weight excluding hydrogens is 210 g/mol. The zero-order valence-electron chi connectivity index (χ0n) is 7.94. The third-order valence-electron chi connectivity index (χ3n) is 1.93.